The fourth-order valence-electron chi connectivity index (χ4n) is 3.87. The van der Waals surface area contributed by atoms with E-state index in [1.165, 1.54) is 29.3 Å². The molecule has 4 rings (SSSR count). The fourth-order valence-corrected chi connectivity index (χ4v) is 3.87. The van der Waals surface area contributed by atoms with Crippen molar-refractivity contribution in [3.63, 3.8) is 0 Å². The Labute approximate surface area is 171 Å². The molecule has 2 N–H and O–H groups in total. The van der Waals surface area contributed by atoms with Gasteiger partial charge in [-0.2, -0.15) is 0 Å². The second-order valence-corrected chi connectivity index (χ2v) is 7.39. The molecule has 0 unspecified atom stereocenters. The van der Waals surface area contributed by atoms with Crippen LogP contribution in [0.4, 0.5) is 18.0 Å². The zero-order valence-corrected chi connectivity index (χ0v) is 16.2. The summed E-state index contributed by atoms with van der Waals surface area (Å²) in [4.78, 5) is 17.7. The maximum absolute atomic E-state index is 12.5. The highest BCUT2D eigenvalue weighted by Crippen LogP contribution is 2.30. The zero-order valence-electron chi connectivity index (χ0n) is 16.2. The number of H-pyrrole nitrogens is 1. The molecular formula is C22H22F3N3O2. The molecule has 2 heterocycles. The summed E-state index contributed by atoms with van der Waals surface area (Å²) in [6.45, 7) is 1.14. The molecule has 1 saturated heterocycles. The lowest BCUT2D eigenvalue weighted by atomic mass is 9.94. The molecule has 8 heteroatoms. The van der Waals surface area contributed by atoms with Crippen molar-refractivity contribution in [3.05, 3.63) is 65.9 Å². The summed E-state index contributed by atoms with van der Waals surface area (Å²) in [5.74, 6) is 0.0465. The Hall–Kier alpha value is -3.16. The molecule has 1 aliphatic rings. The lowest BCUT2D eigenvalue weighted by Crippen LogP contribution is -2.43. The number of ether oxygens (including phenoxy) is 1. The van der Waals surface area contributed by atoms with Gasteiger partial charge in [0.25, 0.3) is 0 Å². The Bertz CT molecular complexity index is 991. The van der Waals surface area contributed by atoms with Crippen molar-refractivity contribution in [2.45, 2.75) is 31.7 Å². The van der Waals surface area contributed by atoms with E-state index in [-0.39, 0.29) is 23.9 Å². The Morgan fingerprint density at radius 1 is 1.10 bits per heavy atom. The molecule has 1 fully saturated rings. The average Bonchev–Trinajstić information content (AvgIpc) is 3.16. The van der Waals surface area contributed by atoms with Gasteiger partial charge in [-0.05, 0) is 36.4 Å². The molecule has 0 saturated carbocycles. The number of aromatic nitrogens is 1. The predicted octanol–water partition coefficient (Wildman–Crippen LogP) is 5.16. The third-order valence-corrected chi connectivity index (χ3v) is 5.40. The van der Waals surface area contributed by atoms with Crippen molar-refractivity contribution in [1.82, 2.24) is 15.2 Å². The van der Waals surface area contributed by atoms with Gasteiger partial charge < -0.3 is 19.9 Å². The van der Waals surface area contributed by atoms with Crippen molar-refractivity contribution in [3.8, 4) is 5.75 Å². The minimum atomic E-state index is -4.77. The summed E-state index contributed by atoms with van der Waals surface area (Å²) in [6, 6.07) is 15.8. The van der Waals surface area contributed by atoms with Crippen molar-refractivity contribution >= 4 is 16.9 Å². The van der Waals surface area contributed by atoms with Gasteiger partial charge in [0.1, 0.15) is 5.75 Å². The van der Waals surface area contributed by atoms with Crippen molar-refractivity contribution in [2.75, 3.05) is 13.1 Å². The fraction of sp³-hybridized carbons (Fsp3) is 0.318. The van der Waals surface area contributed by atoms with Crippen LogP contribution in [0.2, 0.25) is 0 Å². The number of nitrogens with zero attached hydrogens (tertiary/aromatic N) is 1. The summed E-state index contributed by atoms with van der Waals surface area (Å²) in [5, 5.41) is 3.88. The molecule has 0 spiro atoms. The third-order valence-electron chi connectivity index (χ3n) is 5.40. The van der Waals surface area contributed by atoms with E-state index in [4.69, 9.17) is 0 Å². The lowest BCUT2D eigenvalue weighted by Gasteiger charge is -2.31. The Kier molecular flexibility index (Phi) is 5.57. The number of aromatic amines is 1. The summed E-state index contributed by atoms with van der Waals surface area (Å²) < 4.78 is 41.6. The summed E-state index contributed by atoms with van der Waals surface area (Å²) in [7, 11) is 0. The number of urea groups is 1. The van der Waals surface area contributed by atoms with E-state index in [1.54, 1.807) is 11.0 Å². The highest BCUT2D eigenvalue weighted by Gasteiger charge is 2.32. The maximum Gasteiger partial charge on any atom is 0.573 e. The number of fused-ring (bicyclic) bond motifs is 1. The Morgan fingerprint density at radius 3 is 2.53 bits per heavy atom. The largest absolute Gasteiger partial charge is 0.573 e. The monoisotopic (exact) mass is 417 g/mol. The molecule has 0 bridgehead atoms. The van der Waals surface area contributed by atoms with Crippen LogP contribution in [0.5, 0.6) is 5.75 Å². The van der Waals surface area contributed by atoms with Gasteiger partial charge in [-0.3, -0.25) is 0 Å². The third kappa shape index (κ3) is 4.69. The predicted molar refractivity (Wildman–Crippen MR) is 107 cm³/mol. The zero-order chi connectivity index (χ0) is 21.1. The van der Waals surface area contributed by atoms with E-state index in [9.17, 15) is 18.0 Å². The van der Waals surface area contributed by atoms with Crippen LogP contribution in [-0.2, 0) is 6.54 Å². The van der Waals surface area contributed by atoms with Gasteiger partial charge in [0.15, 0.2) is 0 Å². The second-order valence-electron chi connectivity index (χ2n) is 7.39. The number of benzene rings is 2. The highest BCUT2D eigenvalue weighted by molar-refractivity contribution is 5.80. The number of carbonyl (C=O) groups excluding carboxylic acids is 1. The first-order chi connectivity index (χ1) is 14.4. The van der Waals surface area contributed by atoms with Gasteiger partial charge in [-0.1, -0.05) is 36.4 Å². The average molecular weight is 417 g/mol. The summed E-state index contributed by atoms with van der Waals surface area (Å²) in [6.07, 6.45) is -3.12. The number of halogens is 3. The van der Waals surface area contributed by atoms with Gasteiger partial charge >= 0.3 is 12.4 Å². The van der Waals surface area contributed by atoms with Crippen LogP contribution in [0.1, 0.15) is 30.0 Å². The van der Waals surface area contributed by atoms with E-state index in [0.717, 1.165) is 18.4 Å². The standard InChI is InChI=1S/C22H22F3N3O2/c23-22(24,25)30-20-8-4-2-6-17(20)14-26-21(29)28-11-9-15(10-12-28)19-13-16-5-1-3-7-18(16)27-19/h1-8,13,15,27H,9-12,14H2,(H,26,29). The maximum atomic E-state index is 12.5. The Morgan fingerprint density at radius 2 is 1.80 bits per heavy atom. The minimum absolute atomic E-state index is 0.0347. The molecule has 0 atom stereocenters. The van der Waals surface area contributed by atoms with Gasteiger partial charge in [-0.15, -0.1) is 13.2 Å². The molecular weight excluding hydrogens is 395 g/mol. The van der Waals surface area contributed by atoms with E-state index >= 15 is 0 Å². The molecule has 158 valence electrons. The molecule has 5 nitrogen and oxygen atoms in total. The molecule has 30 heavy (non-hydrogen) atoms. The van der Waals surface area contributed by atoms with Crippen LogP contribution in [0, 0.1) is 0 Å². The van der Waals surface area contributed by atoms with E-state index in [0.29, 0.717) is 19.0 Å². The van der Waals surface area contributed by atoms with Crippen molar-refractivity contribution in [1.29, 1.82) is 0 Å². The van der Waals surface area contributed by atoms with Gasteiger partial charge in [-0.25, -0.2) is 4.79 Å². The van der Waals surface area contributed by atoms with Crippen molar-refractivity contribution < 1.29 is 22.7 Å². The van der Waals surface area contributed by atoms with Gasteiger partial charge in [0, 0.05) is 42.3 Å². The van der Waals surface area contributed by atoms with E-state index in [2.05, 4.69) is 27.2 Å². The number of alkyl halides is 3. The first-order valence-electron chi connectivity index (χ1n) is 9.83. The first-order valence-corrected chi connectivity index (χ1v) is 9.83. The molecule has 3 aromatic rings. The van der Waals surface area contributed by atoms with Gasteiger partial charge in [0.05, 0.1) is 0 Å². The summed E-state index contributed by atoms with van der Waals surface area (Å²) in [5.41, 5.74) is 2.55. The quantitative estimate of drug-likeness (QED) is 0.616. The van der Waals surface area contributed by atoms with Crippen LogP contribution >= 0.6 is 0 Å². The molecule has 0 aliphatic carbocycles. The highest BCUT2D eigenvalue weighted by atomic mass is 19.4. The number of amides is 2. The van der Waals surface area contributed by atoms with Crippen LogP contribution in [0.25, 0.3) is 10.9 Å². The molecule has 2 aromatic carbocycles. The SMILES string of the molecule is O=C(NCc1ccccc1OC(F)(F)F)N1CCC(c2cc3ccccc3[nH]2)CC1. The minimum Gasteiger partial charge on any atom is -0.405 e. The smallest absolute Gasteiger partial charge is 0.405 e. The van der Waals surface area contributed by atoms with Gasteiger partial charge in [0.2, 0.25) is 0 Å². The van der Waals surface area contributed by atoms with Crippen molar-refractivity contribution in [2.24, 2.45) is 0 Å². The summed E-state index contributed by atoms with van der Waals surface area (Å²) >= 11 is 0. The van der Waals surface area contributed by atoms with Crippen LogP contribution in [0.15, 0.2) is 54.6 Å². The molecule has 0 radical (unpaired) electrons. The molecule has 1 aliphatic heterocycles. The van der Waals surface area contributed by atoms with E-state index in [1.807, 2.05) is 18.2 Å². The number of likely N-dealkylation sites (tertiary alicyclic amines) is 1. The normalized spacial score (nSPS) is 15.4. The lowest BCUT2D eigenvalue weighted by molar-refractivity contribution is -0.274. The van der Waals surface area contributed by atoms with Crippen LogP contribution in [0.3, 0.4) is 0 Å². The Balaban J connectivity index is 1.32. The number of nitrogens with one attached hydrogen (secondary N) is 2. The molecule has 2 amide bonds. The number of hydrogen-bond acceptors (Lipinski definition) is 2. The number of para-hydroxylation sites is 2. The number of rotatable bonds is 4. The first kappa shape index (κ1) is 20.1. The van der Waals surface area contributed by atoms with Crippen LogP contribution in [-0.4, -0.2) is 35.4 Å². The molecule has 1 aromatic heterocycles. The van der Waals surface area contributed by atoms with Crippen LogP contribution < -0.4 is 10.1 Å². The number of carbonyl (C=O) groups is 1. The second kappa shape index (κ2) is 8.30. The van der Waals surface area contributed by atoms with E-state index < -0.39 is 6.36 Å². The topological polar surface area (TPSA) is 57.4 Å². The number of hydrogen-bond donors (Lipinski definition) is 2. The number of piperidine rings is 1.